The maximum absolute atomic E-state index is 8.90. The molecule has 0 saturated carbocycles. The van der Waals surface area contributed by atoms with Crippen molar-refractivity contribution in [2.24, 2.45) is 0 Å². The summed E-state index contributed by atoms with van der Waals surface area (Å²) < 4.78 is 147. The molecule has 3 aromatic heterocycles. The maximum Gasteiger partial charge on any atom is 0.135 e. The Hall–Kier alpha value is -6.06. The maximum atomic E-state index is 8.90. The Kier molecular flexibility index (Phi) is 2.81. The Bertz CT molecular complexity index is 3520. The third-order valence-corrected chi connectivity index (χ3v) is 8.21. The summed E-state index contributed by atoms with van der Waals surface area (Å²) in [6.07, 6.45) is 0. The minimum atomic E-state index is -0.538. The fourth-order valence-corrected chi connectivity index (χ4v) is 6.27. The highest BCUT2D eigenvalue weighted by atomic mass is 16.3. The molecule has 0 amide bonds. The lowest BCUT2D eigenvalue weighted by Crippen LogP contribution is -1.94. The number of fused-ring (bicyclic) bond motifs is 9. The second kappa shape index (κ2) is 9.22. The molecule has 3 nitrogen and oxygen atoms in total. The van der Waals surface area contributed by atoms with Crippen LogP contribution in [0.2, 0.25) is 0 Å². The van der Waals surface area contributed by atoms with Crippen molar-refractivity contribution in [2.75, 3.05) is 0 Å². The third-order valence-electron chi connectivity index (χ3n) is 8.21. The van der Waals surface area contributed by atoms with Gasteiger partial charge < -0.3 is 13.6 Å². The average Bonchev–Trinajstić information content (AvgIpc) is 3.94. The number of nitrogens with zero attached hydrogens (tertiary/aromatic N) is 2. The number of benzene rings is 7. The van der Waals surface area contributed by atoms with Crippen molar-refractivity contribution in [3.05, 3.63) is 157 Å². The van der Waals surface area contributed by atoms with Crippen LogP contribution in [0.5, 0.6) is 0 Å². The summed E-state index contributed by atoms with van der Waals surface area (Å²) >= 11 is 0. The molecule has 0 spiro atoms. The van der Waals surface area contributed by atoms with Crippen molar-refractivity contribution >= 4 is 65.6 Å². The Morgan fingerprint density at radius 3 is 1.40 bits per heavy atom. The largest absolute Gasteiger partial charge is 0.456 e. The van der Waals surface area contributed by atoms with E-state index in [1.165, 1.54) is 9.13 Å². The minimum absolute atomic E-state index is 0.00579. The molecule has 0 unspecified atom stereocenters. The van der Waals surface area contributed by atoms with Gasteiger partial charge in [0.05, 0.1) is 44.0 Å². The molecule has 0 aliphatic heterocycles. The van der Waals surface area contributed by atoms with Crippen LogP contribution >= 0.6 is 0 Å². The molecular formula is C42H26N2O. The van der Waals surface area contributed by atoms with Crippen LogP contribution in [0, 0.1) is 0 Å². The summed E-state index contributed by atoms with van der Waals surface area (Å²) in [6.45, 7) is 0. The van der Waals surface area contributed by atoms with Gasteiger partial charge in [0.15, 0.2) is 0 Å². The fraction of sp³-hybridized carbons (Fsp3) is 0. The normalized spacial score (nSPS) is 17.0. The van der Waals surface area contributed by atoms with Crippen LogP contribution in [0.3, 0.4) is 0 Å². The number of hydrogen-bond donors (Lipinski definition) is 0. The van der Waals surface area contributed by atoms with E-state index in [1.807, 2.05) is 18.2 Å². The smallest absolute Gasteiger partial charge is 0.135 e. The summed E-state index contributed by atoms with van der Waals surface area (Å²) in [7, 11) is 0. The Labute approximate surface area is 281 Å². The van der Waals surface area contributed by atoms with Gasteiger partial charge in [-0.15, -0.1) is 0 Å². The molecule has 0 N–H and O–H groups in total. The van der Waals surface area contributed by atoms with E-state index in [9.17, 15) is 0 Å². The summed E-state index contributed by atoms with van der Waals surface area (Å²) in [5.41, 5.74) is 2.93. The number of hydrogen-bond acceptors (Lipinski definition) is 1. The second-order valence-corrected chi connectivity index (χ2v) is 10.6. The van der Waals surface area contributed by atoms with E-state index in [2.05, 4.69) is 0 Å². The molecule has 210 valence electrons. The summed E-state index contributed by atoms with van der Waals surface area (Å²) in [5, 5.41) is 1.06. The number of rotatable bonds is 3. The van der Waals surface area contributed by atoms with E-state index >= 15 is 0 Å². The van der Waals surface area contributed by atoms with Gasteiger partial charge in [-0.2, -0.15) is 0 Å². The van der Waals surface area contributed by atoms with Gasteiger partial charge in [0.2, 0.25) is 0 Å². The van der Waals surface area contributed by atoms with Gasteiger partial charge in [0.1, 0.15) is 11.2 Å². The Morgan fingerprint density at radius 1 is 0.400 bits per heavy atom. The van der Waals surface area contributed by atoms with E-state index in [4.69, 9.17) is 26.3 Å². The van der Waals surface area contributed by atoms with Gasteiger partial charge in [-0.1, -0.05) is 90.7 Å². The zero-order valence-electron chi connectivity index (χ0n) is 39.1. The topological polar surface area (TPSA) is 23.0 Å². The summed E-state index contributed by atoms with van der Waals surface area (Å²) in [4.78, 5) is 0. The second-order valence-electron chi connectivity index (χ2n) is 10.6. The van der Waals surface area contributed by atoms with Gasteiger partial charge in [-0.25, -0.2) is 0 Å². The molecule has 0 fully saturated rings. The number of para-hydroxylation sites is 4. The van der Waals surface area contributed by atoms with E-state index in [-0.39, 0.29) is 43.6 Å². The Morgan fingerprint density at radius 2 is 0.844 bits per heavy atom. The monoisotopic (exact) mass is 590 g/mol. The molecule has 10 rings (SSSR count). The molecule has 3 heterocycles. The van der Waals surface area contributed by atoms with E-state index in [1.54, 1.807) is 42.5 Å². The number of aromatic nitrogens is 2. The van der Waals surface area contributed by atoms with Gasteiger partial charge in [-0.05, 0) is 77.8 Å². The predicted molar refractivity (Wildman–Crippen MR) is 188 cm³/mol. The third kappa shape index (κ3) is 3.52. The first-order valence-electron chi connectivity index (χ1n) is 22.0. The van der Waals surface area contributed by atoms with Gasteiger partial charge in [-0.3, -0.25) is 0 Å². The molecule has 10 aromatic rings. The van der Waals surface area contributed by atoms with Gasteiger partial charge >= 0.3 is 0 Å². The summed E-state index contributed by atoms with van der Waals surface area (Å²) in [6, 6.07) is 9.80. The van der Waals surface area contributed by atoms with Crippen molar-refractivity contribution in [3.63, 3.8) is 0 Å². The molecule has 0 bridgehead atoms. The molecule has 3 heteroatoms. The van der Waals surface area contributed by atoms with Crippen LogP contribution in [0.4, 0.5) is 0 Å². The summed E-state index contributed by atoms with van der Waals surface area (Å²) in [5.74, 6) is 0. The molecule has 0 saturated heterocycles. The zero-order chi connectivity index (χ0) is 43.4. The van der Waals surface area contributed by atoms with Crippen LogP contribution in [-0.2, 0) is 0 Å². The lowest BCUT2D eigenvalue weighted by Gasteiger charge is -2.10. The molecular weight excluding hydrogens is 548 g/mol. The first-order valence-corrected chi connectivity index (χ1v) is 14.0. The lowest BCUT2D eigenvalue weighted by atomic mass is 10.0. The Balaban J connectivity index is 1.21. The van der Waals surface area contributed by atoms with Crippen molar-refractivity contribution in [3.8, 4) is 22.5 Å². The fourth-order valence-electron chi connectivity index (χ4n) is 6.27. The van der Waals surface area contributed by atoms with Gasteiger partial charge in [0, 0.05) is 43.7 Å². The first-order chi connectivity index (χ1) is 29.0. The SMILES string of the molecule is [2H]c1c([2H])c([2H])c2c(c1[2H])c1c([2H])c([2H])c([2H])c([2H])c1n2-c1cccc(-c2ccc3oc4ccc(-n5c6c([2H])c([2H])c([2H])c([2H])c6c6c([2H])c([2H])c([2H])c([2H])c65)cc4c3c2)c1. The van der Waals surface area contributed by atoms with Crippen LogP contribution in [0.15, 0.2) is 162 Å². The highest BCUT2D eigenvalue weighted by Gasteiger charge is 2.16. The molecule has 0 atom stereocenters. The highest BCUT2D eigenvalue weighted by Crippen LogP contribution is 2.38. The van der Waals surface area contributed by atoms with Crippen molar-refractivity contribution in [1.82, 2.24) is 9.13 Å². The van der Waals surface area contributed by atoms with Gasteiger partial charge in [0.25, 0.3) is 0 Å². The van der Waals surface area contributed by atoms with Crippen LogP contribution in [-0.4, -0.2) is 9.13 Å². The zero-order valence-corrected chi connectivity index (χ0v) is 23.1. The molecule has 0 aliphatic rings. The molecule has 0 radical (unpaired) electrons. The van der Waals surface area contributed by atoms with Crippen molar-refractivity contribution in [1.29, 1.82) is 0 Å². The molecule has 0 aliphatic carbocycles. The standard InChI is InChI=1S/C42H26N2O/c1-5-16-37-31(12-1)32-13-2-6-17-38(32)43(37)29-11-9-10-27(24-29)28-20-22-41-35(25-28)36-26-30(21-23-42(36)45-41)44-39-18-7-3-14-33(39)34-15-4-8-19-40(34)44/h1-26H/i1D,2D,3D,4D,5D,6D,7D,8D,12D,13D,14D,15D,16D,17D,18D,19D. The minimum Gasteiger partial charge on any atom is -0.456 e. The first kappa shape index (κ1) is 13.7. The van der Waals surface area contributed by atoms with Crippen LogP contribution in [0.1, 0.15) is 21.9 Å². The molecule has 45 heavy (non-hydrogen) atoms. The van der Waals surface area contributed by atoms with Crippen LogP contribution < -0.4 is 0 Å². The van der Waals surface area contributed by atoms with Crippen molar-refractivity contribution in [2.45, 2.75) is 0 Å². The predicted octanol–water partition coefficient (Wildman–Crippen LogP) is 11.4. The van der Waals surface area contributed by atoms with E-state index < -0.39 is 96.7 Å². The number of furan rings is 1. The van der Waals surface area contributed by atoms with E-state index in [0.717, 1.165) is 0 Å². The quantitative estimate of drug-likeness (QED) is 0.201. The van der Waals surface area contributed by atoms with Crippen LogP contribution in [0.25, 0.3) is 88.1 Å². The lowest BCUT2D eigenvalue weighted by molar-refractivity contribution is 0.669. The van der Waals surface area contributed by atoms with E-state index in [0.29, 0.717) is 44.4 Å². The van der Waals surface area contributed by atoms with Crippen molar-refractivity contribution < 1.29 is 26.3 Å². The highest BCUT2D eigenvalue weighted by molar-refractivity contribution is 6.11. The average molecular weight is 591 g/mol. The molecule has 7 aromatic carbocycles.